The number of nitrogens with zero attached hydrogens (tertiary/aromatic N) is 1. The van der Waals surface area contributed by atoms with Gasteiger partial charge >= 0.3 is 0 Å². The van der Waals surface area contributed by atoms with E-state index >= 15 is 0 Å². The second-order valence-electron chi connectivity index (χ2n) is 3.45. The van der Waals surface area contributed by atoms with E-state index < -0.39 is 0 Å². The summed E-state index contributed by atoms with van der Waals surface area (Å²) < 4.78 is 0. The van der Waals surface area contributed by atoms with Crippen molar-refractivity contribution in [1.82, 2.24) is 4.90 Å². The van der Waals surface area contributed by atoms with Gasteiger partial charge in [0.2, 0.25) is 0 Å². The molecule has 0 aliphatic heterocycles. The molecule has 60 valence electrons. The molecular formula is C8H16ClN. The van der Waals surface area contributed by atoms with Gasteiger partial charge in [-0.2, -0.15) is 0 Å². The van der Waals surface area contributed by atoms with E-state index in [-0.39, 0.29) is 0 Å². The molecule has 1 aliphatic carbocycles. The maximum atomic E-state index is 5.83. The summed E-state index contributed by atoms with van der Waals surface area (Å²) in [7, 11) is 2.15. The number of hydrogen-bond donors (Lipinski definition) is 0. The van der Waals surface area contributed by atoms with Crippen LogP contribution in [0.2, 0.25) is 0 Å². The minimum absolute atomic E-state index is 0.295. The highest BCUT2D eigenvalue weighted by Gasteiger charge is 2.22. The van der Waals surface area contributed by atoms with Crippen LogP contribution in [0.5, 0.6) is 0 Å². The van der Waals surface area contributed by atoms with Crippen molar-refractivity contribution in [2.24, 2.45) is 5.92 Å². The van der Waals surface area contributed by atoms with Crippen LogP contribution >= 0.6 is 11.6 Å². The zero-order valence-electron chi connectivity index (χ0n) is 6.81. The first kappa shape index (κ1) is 8.35. The molecule has 0 amide bonds. The molecule has 0 N–H and O–H groups in total. The van der Waals surface area contributed by atoms with Crippen molar-refractivity contribution in [3.05, 3.63) is 0 Å². The fraction of sp³-hybridized carbons (Fsp3) is 1.00. The molecule has 0 saturated heterocycles. The van der Waals surface area contributed by atoms with Gasteiger partial charge in [-0.15, -0.1) is 11.6 Å². The van der Waals surface area contributed by atoms with Crippen LogP contribution in [-0.2, 0) is 0 Å². The highest BCUT2D eigenvalue weighted by Crippen LogP contribution is 2.29. The van der Waals surface area contributed by atoms with E-state index in [0.717, 1.165) is 12.5 Å². The Hall–Kier alpha value is 0.250. The van der Waals surface area contributed by atoms with E-state index in [9.17, 15) is 0 Å². The summed E-state index contributed by atoms with van der Waals surface area (Å²) in [4.78, 5) is 2.33. The molecule has 0 radical (unpaired) electrons. The minimum atomic E-state index is 0.295. The molecule has 0 heterocycles. The topological polar surface area (TPSA) is 3.24 Å². The molecule has 0 spiro atoms. The molecule has 1 saturated carbocycles. The minimum Gasteiger partial charge on any atom is -0.305 e. The summed E-state index contributed by atoms with van der Waals surface area (Å²) >= 11 is 5.83. The van der Waals surface area contributed by atoms with Gasteiger partial charge in [-0.1, -0.05) is 0 Å². The van der Waals surface area contributed by atoms with Gasteiger partial charge in [0.1, 0.15) is 0 Å². The quantitative estimate of drug-likeness (QED) is 0.570. The van der Waals surface area contributed by atoms with Crippen LogP contribution in [-0.4, -0.2) is 30.4 Å². The maximum absolute atomic E-state index is 5.83. The van der Waals surface area contributed by atoms with E-state index in [1.54, 1.807) is 0 Å². The Morgan fingerprint density at radius 2 is 2.20 bits per heavy atom. The van der Waals surface area contributed by atoms with Crippen molar-refractivity contribution >= 4 is 11.6 Å². The molecule has 0 aromatic carbocycles. The van der Waals surface area contributed by atoms with Crippen molar-refractivity contribution in [2.45, 2.75) is 25.1 Å². The molecule has 1 atom stereocenters. The summed E-state index contributed by atoms with van der Waals surface area (Å²) in [5.41, 5.74) is 0. The third kappa shape index (κ3) is 3.43. The summed E-state index contributed by atoms with van der Waals surface area (Å²) in [6, 6.07) is 0. The molecule has 1 fully saturated rings. The highest BCUT2D eigenvalue weighted by atomic mass is 35.5. The van der Waals surface area contributed by atoms with Crippen molar-refractivity contribution in [2.75, 3.05) is 20.1 Å². The van der Waals surface area contributed by atoms with Gasteiger partial charge in [-0.05, 0) is 32.7 Å². The lowest BCUT2D eigenvalue weighted by atomic mass is 10.3. The van der Waals surface area contributed by atoms with E-state index in [0.29, 0.717) is 5.38 Å². The Bertz CT molecular complexity index is 95.4. The van der Waals surface area contributed by atoms with Gasteiger partial charge in [0.05, 0.1) is 0 Å². The van der Waals surface area contributed by atoms with E-state index in [4.69, 9.17) is 11.6 Å². The maximum Gasteiger partial charge on any atom is 0.0434 e. The summed E-state index contributed by atoms with van der Waals surface area (Å²) in [5.74, 6) is 0.986. The fourth-order valence-electron chi connectivity index (χ4n) is 1.25. The molecule has 1 rings (SSSR count). The van der Waals surface area contributed by atoms with Crippen molar-refractivity contribution in [3.63, 3.8) is 0 Å². The molecule has 1 aliphatic rings. The average molecular weight is 162 g/mol. The number of alkyl halides is 1. The largest absolute Gasteiger partial charge is 0.305 e. The van der Waals surface area contributed by atoms with Crippen LogP contribution in [0.25, 0.3) is 0 Å². The van der Waals surface area contributed by atoms with Gasteiger partial charge in [-0.25, -0.2) is 0 Å². The fourth-order valence-corrected chi connectivity index (χ4v) is 1.48. The van der Waals surface area contributed by atoms with Gasteiger partial charge in [-0.3, -0.25) is 0 Å². The molecular weight excluding hydrogens is 146 g/mol. The molecule has 0 aromatic rings. The van der Waals surface area contributed by atoms with Gasteiger partial charge in [0, 0.05) is 18.5 Å². The predicted molar refractivity (Wildman–Crippen MR) is 45.5 cm³/mol. The zero-order valence-corrected chi connectivity index (χ0v) is 7.56. The number of rotatable bonds is 4. The van der Waals surface area contributed by atoms with Crippen molar-refractivity contribution in [1.29, 1.82) is 0 Å². The SMILES string of the molecule is CC(Cl)CN(C)CC1CC1. The molecule has 2 heteroatoms. The summed E-state index contributed by atoms with van der Waals surface area (Å²) in [6.45, 7) is 4.32. The van der Waals surface area contributed by atoms with Crippen LogP contribution in [0.4, 0.5) is 0 Å². The van der Waals surface area contributed by atoms with Crippen molar-refractivity contribution < 1.29 is 0 Å². The van der Waals surface area contributed by atoms with Crippen molar-refractivity contribution in [3.8, 4) is 0 Å². The lowest BCUT2D eigenvalue weighted by Gasteiger charge is -2.16. The first-order valence-corrected chi connectivity index (χ1v) is 4.44. The third-order valence-corrected chi connectivity index (χ3v) is 1.97. The van der Waals surface area contributed by atoms with Crippen LogP contribution in [0.3, 0.4) is 0 Å². The second kappa shape index (κ2) is 3.59. The Morgan fingerprint density at radius 3 is 2.60 bits per heavy atom. The first-order valence-electron chi connectivity index (χ1n) is 4.01. The Morgan fingerprint density at radius 1 is 1.60 bits per heavy atom. The average Bonchev–Trinajstić information content (AvgIpc) is 2.46. The molecule has 10 heavy (non-hydrogen) atoms. The summed E-state index contributed by atoms with van der Waals surface area (Å²) in [6.07, 6.45) is 2.86. The monoisotopic (exact) mass is 161 g/mol. The smallest absolute Gasteiger partial charge is 0.0434 e. The van der Waals surface area contributed by atoms with Gasteiger partial charge in [0.25, 0.3) is 0 Å². The van der Waals surface area contributed by atoms with E-state index in [1.807, 2.05) is 6.92 Å². The normalized spacial score (nSPS) is 21.6. The lowest BCUT2D eigenvalue weighted by molar-refractivity contribution is 0.323. The van der Waals surface area contributed by atoms with Crippen LogP contribution in [0.1, 0.15) is 19.8 Å². The molecule has 0 aromatic heterocycles. The third-order valence-electron chi connectivity index (χ3n) is 1.83. The molecule has 1 unspecified atom stereocenters. The number of halogens is 1. The zero-order chi connectivity index (χ0) is 7.56. The van der Waals surface area contributed by atoms with Gasteiger partial charge < -0.3 is 4.90 Å². The molecule has 1 nitrogen and oxygen atoms in total. The van der Waals surface area contributed by atoms with E-state index in [2.05, 4.69) is 11.9 Å². The van der Waals surface area contributed by atoms with Crippen LogP contribution < -0.4 is 0 Å². The summed E-state index contributed by atoms with van der Waals surface area (Å²) in [5, 5.41) is 0.295. The molecule has 0 bridgehead atoms. The van der Waals surface area contributed by atoms with Crippen LogP contribution in [0, 0.1) is 5.92 Å². The highest BCUT2D eigenvalue weighted by molar-refractivity contribution is 6.20. The van der Waals surface area contributed by atoms with Crippen LogP contribution in [0.15, 0.2) is 0 Å². The van der Waals surface area contributed by atoms with E-state index in [1.165, 1.54) is 19.4 Å². The Balaban J connectivity index is 2.02. The first-order chi connectivity index (χ1) is 4.68. The second-order valence-corrected chi connectivity index (χ2v) is 4.19. The number of hydrogen-bond acceptors (Lipinski definition) is 1. The lowest BCUT2D eigenvalue weighted by Crippen LogP contribution is -2.26. The Labute approximate surface area is 68.4 Å². The van der Waals surface area contributed by atoms with Gasteiger partial charge in [0.15, 0.2) is 0 Å². The standard InChI is InChI=1S/C8H16ClN/c1-7(9)5-10(2)6-8-3-4-8/h7-8H,3-6H2,1-2H3. The Kier molecular flexibility index (Phi) is 2.99. The predicted octanol–water partition coefficient (Wildman–Crippen LogP) is 1.96.